The molecule has 3 saturated heterocycles. The van der Waals surface area contributed by atoms with Crippen LogP contribution < -0.4 is 9.47 Å². The summed E-state index contributed by atoms with van der Waals surface area (Å²) in [7, 11) is 0. The van der Waals surface area contributed by atoms with Crippen molar-refractivity contribution in [2.24, 2.45) is 0 Å². The van der Waals surface area contributed by atoms with Crippen LogP contribution in [-0.4, -0.2) is 201 Å². The summed E-state index contributed by atoms with van der Waals surface area (Å²) in [6.07, 6.45) is -27.6. The number of hydrogen-bond acceptors (Lipinski definition) is 25. The van der Waals surface area contributed by atoms with Crippen LogP contribution in [0.1, 0.15) is 23.1 Å². The summed E-state index contributed by atoms with van der Waals surface area (Å²) >= 11 is 0. The van der Waals surface area contributed by atoms with E-state index in [2.05, 4.69) is 0 Å². The highest BCUT2D eigenvalue weighted by Crippen LogP contribution is 2.45. The van der Waals surface area contributed by atoms with Crippen LogP contribution in [0.2, 0.25) is 0 Å². The topological polar surface area (TPSA) is 418 Å². The Morgan fingerprint density at radius 1 is 0.634 bits per heavy atom. The van der Waals surface area contributed by atoms with Gasteiger partial charge in [0.1, 0.15) is 116 Å². The van der Waals surface area contributed by atoms with Gasteiger partial charge in [-0.25, -0.2) is 4.79 Å². The largest absolute Gasteiger partial charge is 0.508 e. The highest BCUT2D eigenvalue weighted by atomic mass is 16.8. The number of hydrogen-bond donors (Lipinski definition) is 14. The number of rotatable bonds is 16. The lowest BCUT2D eigenvalue weighted by molar-refractivity contribution is -0.363. The molecule has 71 heavy (non-hydrogen) atoms. The fraction of sp³-hybridized carbons (Fsp3) is 0.444. The standard InChI is InChI=1S/C45H50O26/c46-14-27-33(55)36(58)40(62)44(68-27)71-42-38(60)35(57)29(15-63-31(53)8-2-17-1-7-22(49)23(50)9-17)70-45(42)67-26-12-21-24(65-41(26)18-3-5-19(47)6-4-18)10-20(48)11-25(21)66-43-39(61)37(59)34(56)28(69-43)16-64-32(54)13-30(51)52/h1-11,27-29,33-40,42-50,55-62H,12-16H2,(H,51,52)/b8-2+/t27-,28-,29-,33-,34-,35-,36+,37+,38+,39-,40-,42-,43-,44+,45-/m1/s1. The van der Waals surface area contributed by atoms with Crippen LogP contribution in [0.4, 0.5) is 0 Å². The SMILES string of the molecule is O=C(O)CC(=O)OC[C@H]1O[C@@H](Oc2cc(O)cc3c2CC(O[C@@H]2O[C@H](COC(=O)/C=C/c4ccc(O)c(O)c4)[C@@H](O)[C@H](O)[C@H]2O[C@@H]2O[C@H](CO)[C@@H](O)[C@H](O)[C@H]2O)=C(c2ccc(O)cc2)O3)[C@H](O)[C@@H](O)[C@@H]1O. The van der Waals surface area contributed by atoms with Crippen molar-refractivity contribution in [1.82, 2.24) is 0 Å². The zero-order valence-corrected chi connectivity index (χ0v) is 36.7. The van der Waals surface area contributed by atoms with Crippen molar-refractivity contribution >= 4 is 29.7 Å². The quantitative estimate of drug-likeness (QED) is 0.0293. The molecule has 0 spiro atoms. The molecule has 3 aromatic carbocycles. The first kappa shape index (κ1) is 52.5. The molecular formula is C45H50O26. The van der Waals surface area contributed by atoms with E-state index in [4.69, 9.17) is 47.7 Å². The molecule has 4 aliphatic heterocycles. The third-order valence-corrected chi connectivity index (χ3v) is 11.5. The van der Waals surface area contributed by atoms with Crippen LogP contribution in [0.3, 0.4) is 0 Å². The zero-order chi connectivity index (χ0) is 51.4. The normalized spacial score (nSPS) is 31.8. The lowest BCUT2D eigenvalue weighted by Crippen LogP contribution is -2.64. The Balaban J connectivity index is 1.20. The minimum absolute atomic E-state index is 0.00295. The van der Waals surface area contributed by atoms with E-state index in [1.54, 1.807) is 0 Å². The number of benzene rings is 3. The second-order valence-corrected chi connectivity index (χ2v) is 16.5. The molecule has 26 nitrogen and oxygen atoms in total. The number of phenols is 4. The van der Waals surface area contributed by atoms with Crippen LogP contribution in [0, 0.1) is 0 Å². The minimum Gasteiger partial charge on any atom is -0.508 e. The van der Waals surface area contributed by atoms with Crippen molar-refractivity contribution in [3.8, 4) is 34.5 Å². The number of carboxylic acids is 1. The number of esters is 2. The molecule has 4 heterocycles. The van der Waals surface area contributed by atoms with Gasteiger partial charge in [-0.3, -0.25) is 9.59 Å². The average Bonchev–Trinajstić information content (AvgIpc) is 3.33. The van der Waals surface area contributed by atoms with Gasteiger partial charge in [-0.2, -0.15) is 0 Å². The van der Waals surface area contributed by atoms with Gasteiger partial charge < -0.3 is 114 Å². The highest BCUT2D eigenvalue weighted by molar-refractivity contribution is 5.90. The summed E-state index contributed by atoms with van der Waals surface area (Å²) in [5.74, 6) is -6.14. The van der Waals surface area contributed by atoms with E-state index in [0.29, 0.717) is 0 Å². The third-order valence-electron chi connectivity index (χ3n) is 11.5. The van der Waals surface area contributed by atoms with Gasteiger partial charge in [0.05, 0.1) is 6.61 Å². The molecule has 0 bridgehead atoms. The molecule has 3 aromatic rings. The van der Waals surface area contributed by atoms with Gasteiger partial charge in [-0.15, -0.1) is 0 Å². The number of carbonyl (C=O) groups excluding carboxylic acids is 2. The van der Waals surface area contributed by atoms with Crippen LogP contribution in [0.15, 0.2) is 66.4 Å². The fourth-order valence-electron chi connectivity index (χ4n) is 7.72. The van der Waals surface area contributed by atoms with E-state index < -0.39 is 160 Å². The maximum Gasteiger partial charge on any atom is 0.330 e. The van der Waals surface area contributed by atoms with E-state index >= 15 is 0 Å². The number of phenolic OH excluding ortho intramolecular Hbond substituents is 4. The molecule has 0 radical (unpaired) electrons. The Morgan fingerprint density at radius 3 is 1.92 bits per heavy atom. The first-order valence-electron chi connectivity index (χ1n) is 21.5. The van der Waals surface area contributed by atoms with Crippen LogP contribution in [-0.2, 0) is 54.0 Å². The minimum atomic E-state index is -2.09. The molecule has 0 amide bonds. The first-order chi connectivity index (χ1) is 33.7. The fourth-order valence-corrected chi connectivity index (χ4v) is 7.72. The molecule has 7 rings (SSSR count). The van der Waals surface area contributed by atoms with Crippen molar-refractivity contribution in [2.75, 3.05) is 19.8 Å². The van der Waals surface area contributed by atoms with Crippen molar-refractivity contribution in [3.05, 3.63) is 83.1 Å². The first-order valence-corrected chi connectivity index (χ1v) is 21.5. The summed E-state index contributed by atoms with van der Waals surface area (Å²) in [6, 6.07) is 11.2. The highest BCUT2D eigenvalue weighted by Gasteiger charge is 2.53. The Kier molecular flexibility index (Phi) is 16.5. The zero-order valence-electron chi connectivity index (χ0n) is 36.7. The monoisotopic (exact) mass is 1010 g/mol. The van der Waals surface area contributed by atoms with Crippen molar-refractivity contribution in [3.63, 3.8) is 0 Å². The van der Waals surface area contributed by atoms with Gasteiger partial charge in [0.2, 0.25) is 12.6 Å². The van der Waals surface area contributed by atoms with Gasteiger partial charge in [0.15, 0.2) is 29.7 Å². The van der Waals surface area contributed by atoms with Crippen LogP contribution in [0.5, 0.6) is 34.5 Å². The third kappa shape index (κ3) is 12.0. The van der Waals surface area contributed by atoms with Crippen LogP contribution in [0.25, 0.3) is 11.8 Å². The second kappa shape index (κ2) is 22.4. The summed E-state index contributed by atoms with van der Waals surface area (Å²) in [4.78, 5) is 35.7. The van der Waals surface area contributed by atoms with E-state index in [-0.39, 0.29) is 45.5 Å². The molecular weight excluding hydrogens is 956 g/mol. The summed E-state index contributed by atoms with van der Waals surface area (Å²) in [5, 5.41) is 146. The van der Waals surface area contributed by atoms with Crippen molar-refractivity contribution in [1.29, 1.82) is 0 Å². The van der Waals surface area contributed by atoms with Crippen molar-refractivity contribution < 1.29 is 129 Å². The average molecular weight is 1010 g/mol. The number of aliphatic hydroxyl groups excluding tert-OH is 9. The summed E-state index contributed by atoms with van der Waals surface area (Å²) in [6.45, 7) is -2.46. The Labute approximate surface area is 400 Å². The van der Waals surface area contributed by atoms with Gasteiger partial charge >= 0.3 is 17.9 Å². The number of allylic oxidation sites excluding steroid dienone is 1. The Hall–Kier alpha value is -6.37. The summed E-state index contributed by atoms with van der Waals surface area (Å²) in [5.41, 5.74) is 0.476. The van der Waals surface area contributed by atoms with E-state index in [1.165, 1.54) is 42.5 Å². The molecule has 4 aliphatic rings. The Morgan fingerprint density at radius 2 is 1.25 bits per heavy atom. The number of ether oxygens (including phenoxy) is 9. The van der Waals surface area contributed by atoms with E-state index in [9.17, 15) is 80.8 Å². The maximum absolute atomic E-state index is 12.8. The predicted molar refractivity (Wildman–Crippen MR) is 228 cm³/mol. The Bertz CT molecular complexity index is 2440. The number of aliphatic carboxylic acids is 1. The van der Waals surface area contributed by atoms with Gasteiger partial charge in [0.25, 0.3) is 0 Å². The van der Waals surface area contributed by atoms with Crippen molar-refractivity contribution in [2.45, 2.75) is 105 Å². The number of carbonyl (C=O) groups is 3. The summed E-state index contributed by atoms with van der Waals surface area (Å²) < 4.78 is 51.9. The predicted octanol–water partition coefficient (Wildman–Crippen LogP) is -3.08. The lowest BCUT2D eigenvalue weighted by atomic mass is 9.97. The number of aliphatic hydroxyl groups is 9. The van der Waals surface area contributed by atoms with E-state index in [0.717, 1.165) is 24.3 Å². The molecule has 26 heteroatoms. The molecule has 3 fully saturated rings. The molecule has 15 atom stereocenters. The van der Waals surface area contributed by atoms with Crippen LogP contribution >= 0.6 is 0 Å². The smallest absolute Gasteiger partial charge is 0.330 e. The number of aromatic hydroxyl groups is 4. The van der Waals surface area contributed by atoms with Gasteiger partial charge in [0, 0.05) is 35.8 Å². The lowest BCUT2D eigenvalue weighted by Gasteiger charge is -2.46. The molecule has 0 aliphatic carbocycles. The molecule has 0 unspecified atom stereocenters. The maximum atomic E-state index is 12.8. The number of fused-ring (bicyclic) bond motifs is 1. The second-order valence-electron chi connectivity index (χ2n) is 16.5. The van der Waals surface area contributed by atoms with E-state index in [1.807, 2.05) is 0 Å². The van der Waals surface area contributed by atoms with Gasteiger partial charge in [-0.05, 0) is 48.0 Å². The number of carboxylic acid groups (broad SMARTS) is 1. The molecule has 0 saturated carbocycles. The van der Waals surface area contributed by atoms with Gasteiger partial charge in [-0.1, -0.05) is 6.07 Å². The molecule has 386 valence electrons. The molecule has 14 N–H and O–H groups in total. The molecule has 0 aromatic heterocycles.